The van der Waals surface area contributed by atoms with Crippen LogP contribution in [0.15, 0.2) is 48.5 Å². The number of hydrogen-bond acceptors (Lipinski definition) is 4. The molecule has 0 N–H and O–H groups in total. The highest BCUT2D eigenvalue weighted by Crippen LogP contribution is 2.13. The molecule has 0 saturated carbocycles. The Morgan fingerprint density at radius 2 is 1.52 bits per heavy atom. The van der Waals surface area contributed by atoms with E-state index in [1.54, 1.807) is 24.3 Å². The van der Waals surface area contributed by atoms with Crippen LogP contribution in [0.1, 0.15) is 32.7 Å². The lowest BCUT2D eigenvalue weighted by Crippen LogP contribution is -2.27. The van der Waals surface area contributed by atoms with Crippen molar-refractivity contribution in [3.8, 4) is 5.75 Å². The SMILES string of the molecule is COc1ccc(C(=O)CC(=O)C(=[N+]=[N-])C(=O)c2ccc(C)cc2)cc1. The maximum atomic E-state index is 12.3. The van der Waals surface area contributed by atoms with Crippen LogP contribution in [0, 0.1) is 6.92 Å². The molecule has 0 bridgehead atoms. The standard InChI is InChI=1S/C19H16N2O4/c1-12-3-5-14(6-4-12)19(24)18(21-20)17(23)11-16(22)13-7-9-15(25-2)10-8-13/h3-10H,11H2,1-2H3. The molecule has 0 amide bonds. The van der Waals surface area contributed by atoms with Crippen LogP contribution < -0.4 is 4.74 Å². The van der Waals surface area contributed by atoms with E-state index in [9.17, 15) is 14.4 Å². The fourth-order valence-electron chi connectivity index (χ4n) is 2.18. The van der Waals surface area contributed by atoms with Gasteiger partial charge in [0.15, 0.2) is 5.78 Å². The second-order valence-electron chi connectivity index (χ2n) is 5.40. The van der Waals surface area contributed by atoms with Crippen LogP contribution in [-0.2, 0) is 4.79 Å². The van der Waals surface area contributed by atoms with Crippen LogP contribution >= 0.6 is 0 Å². The highest BCUT2D eigenvalue weighted by molar-refractivity contribution is 6.68. The Morgan fingerprint density at radius 1 is 0.960 bits per heavy atom. The van der Waals surface area contributed by atoms with Gasteiger partial charge in [-0.05, 0) is 31.2 Å². The molecule has 2 aromatic carbocycles. The second-order valence-corrected chi connectivity index (χ2v) is 5.40. The minimum absolute atomic E-state index is 0.212. The molecule has 2 rings (SSSR count). The molecule has 25 heavy (non-hydrogen) atoms. The Balaban J connectivity index is 2.14. The van der Waals surface area contributed by atoms with Crippen LogP contribution in [0.25, 0.3) is 5.53 Å². The van der Waals surface area contributed by atoms with Gasteiger partial charge in [-0.2, -0.15) is 4.79 Å². The van der Waals surface area contributed by atoms with E-state index in [-0.39, 0.29) is 5.56 Å². The first-order chi connectivity index (χ1) is 12.0. The van der Waals surface area contributed by atoms with Gasteiger partial charge in [-0.15, -0.1) is 0 Å². The van der Waals surface area contributed by atoms with Crippen molar-refractivity contribution in [3.05, 3.63) is 70.8 Å². The molecule has 0 saturated heterocycles. The highest BCUT2D eigenvalue weighted by Gasteiger charge is 2.31. The van der Waals surface area contributed by atoms with Crippen molar-refractivity contribution in [2.75, 3.05) is 7.11 Å². The van der Waals surface area contributed by atoms with Crippen molar-refractivity contribution in [1.29, 1.82) is 0 Å². The molecule has 0 unspecified atom stereocenters. The zero-order valence-electron chi connectivity index (χ0n) is 13.9. The van der Waals surface area contributed by atoms with Gasteiger partial charge in [-0.25, -0.2) is 0 Å². The van der Waals surface area contributed by atoms with Crippen LogP contribution in [0.2, 0.25) is 0 Å². The molecule has 0 heterocycles. The molecule has 0 radical (unpaired) electrons. The fraction of sp³-hybridized carbons (Fsp3) is 0.158. The number of ketones is 3. The van der Waals surface area contributed by atoms with E-state index in [4.69, 9.17) is 10.3 Å². The molecule has 0 atom stereocenters. The Hall–Kier alpha value is -3.37. The third-order valence-corrected chi connectivity index (χ3v) is 3.63. The number of carbonyl (C=O) groups is 3. The fourth-order valence-corrected chi connectivity index (χ4v) is 2.18. The first kappa shape index (κ1) is 18.0. The smallest absolute Gasteiger partial charge is 0.405 e. The third-order valence-electron chi connectivity index (χ3n) is 3.63. The summed E-state index contributed by atoms with van der Waals surface area (Å²) in [5.41, 5.74) is 9.85. The van der Waals surface area contributed by atoms with E-state index < -0.39 is 29.5 Å². The quantitative estimate of drug-likeness (QED) is 0.255. The van der Waals surface area contributed by atoms with Crippen molar-refractivity contribution < 1.29 is 23.9 Å². The van der Waals surface area contributed by atoms with Crippen LogP contribution in [-0.4, -0.2) is 35.0 Å². The van der Waals surface area contributed by atoms with Crippen LogP contribution in [0.5, 0.6) is 5.75 Å². The largest absolute Gasteiger partial charge is 0.497 e. The molecular formula is C19H16N2O4. The van der Waals surface area contributed by atoms with E-state index in [1.165, 1.54) is 31.4 Å². The number of aryl methyl sites for hydroxylation is 1. The Morgan fingerprint density at radius 3 is 2.04 bits per heavy atom. The Kier molecular flexibility index (Phi) is 5.71. The average molecular weight is 336 g/mol. The van der Waals surface area contributed by atoms with Gasteiger partial charge >= 0.3 is 5.71 Å². The summed E-state index contributed by atoms with van der Waals surface area (Å²) in [6, 6.07) is 12.7. The van der Waals surface area contributed by atoms with Gasteiger partial charge in [0.05, 0.1) is 13.5 Å². The minimum Gasteiger partial charge on any atom is -0.497 e. The number of hydrogen-bond donors (Lipinski definition) is 0. The zero-order chi connectivity index (χ0) is 18.4. The van der Waals surface area contributed by atoms with Gasteiger partial charge in [0.1, 0.15) is 5.75 Å². The van der Waals surface area contributed by atoms with E-state index in [0.717, 1.165) is 5.56 Å². The number of methoxy groups -OCH3 is 1. The highest BCUT2D eigenvalue weighted by atomic mass is 16.5. The number of nitrogens with zero attached hydrogens (tertiary/aromatic N) is 2. The summed E-state index contributed by atoms with van der Waals surface area (Å²) in [5.74, 6) is -1.47. The molecule has 0 aromatic heterocycles. The summed E-state index contributed by atoms with van der Waals surface area (Å²) in [7, 11) is 1.50. The molecule has 6 heteroatoms. The number of benzene rings is 2. The summed E-state index contributed by atoms with van der Waals surface area (Å²) in [6.45, 7) is 1.86. The summed E-state index contributed by atoms with van der Waals surface area (Å²) in [6.07, 6.45) is -0.566. The molecule has 126 valence electrons. The van der Waals surface area contributed by atoms with E-state index in [0.29, 0.717) is 11.3 Å². The van der Waals surface area contributed by atoms with Gasteiger partial charge < -0.3 is 10.3 Å². The normalized spacial score (nSPS) is 9.84. The lowest BCUT2D eigenvalue weighted by Gasteiger charge is -2.02. The molecule has 0 aliphatic rings. The monoisotopic (exact) mass is 336 g/mol. The average Bonchev–Trinajstić information content (AvgIpc) is 2.62. The molecule has 2 aromatic rings. The zero-order valence-corrected chi connectivity index (χ0v) is 13.9. The summed E-state index contributed by atoms with van der Waals surface area (Å²) < 4.78 is 5.00. The van der Waals surface area contributed by atoms with Crippen LogP contribution in [0.3, 0.4) is 0 Å². The summed E-state index contributed by atoms with van der Waals surface area (Å²) in [5, 5.41) is 0. The van der Waals surface area contributed by atoms with Gasteiger partial charge in [0.2, 0.25) is 0 Å². The summed E-state index contributed by atoms with van der Waals surface area (Å²) >= 11 is 0. The van der Waals surface area contributed by atoms with E-state index in [1.807, 2.05) is 6.92 Å². The van der Waals surface area contributed by atoms with Crippen LogP contribution in [0.4, 0.5) is 0 Å². The number of rotatable bonds is 7. The van der Waals surface area contributed by atoms with Crippen molar-refractivity contribution >= 4 is 23.1 Å². The number of Topliss-reactive ketones (excluding diaryl/α,β-unsaturated/α-hetero) is 3. The maximum Gasteiger partial charge on any atom is 0.405 e. The molecule has 0 fully saturated rings. The van der Waals surface area contributed by atoms with Crippen molar-refractivity contribution in [2.45, 2.75) is 13.3 Å². The van der Waals surface area contributed by atoms with Crippen molar-refractivity contribution in [1.82, 2.24) is 0 Å². The van der Waals surface area contributed by atoms with Gasteiger partial charge in [-0.1, -0.05) is 29.8 Å². The van der Waals surface area contributed by atoms with Gasteiger partial charge in [0.25, 0.3) is 11.6 Å². The van der Waals surface area contributed by atoms with E-state index in [2.05, 4.69) is 4.79 Å². The number of ether oxygens (including phenoxy) is 1. The topological polar surface area (TPSA) is 96.8 Å². The third kappa shape index (κ3) is 4.34. The lowest BCUT2D eigenvalue weighted by atomic mass is 9.98. The van der Waals surface area contributed by atoms with E-state index >= 15 is 0 Å². The lowest BCUT2D eigenvalue weighted by molar-refractivity contribution is -0.116. The Bertz CT molecular complexity index is 861. The van der Waals surface area contributed by atoms with Gasteiger partial charge in [-0.3, -0.25) is 14.4 Å². The molecule has 0 aliphatic carbocycles. The molecular weight excluding hydrogens is 320 g/mol. The Labute approximate surface area is 144 Å². The molecule has 6 nitrogen and oxygen atoms in total. The van der Waals surface area contributed by atoms with Crippen molar-refractivity contribution in [3.63, 3.8) is 0 Å². The predicted octanol–water partition coefficient (Wildman–Crippen LogP) is 2.70. The number of carbonyl (C=O) groups excluding carboxylic acids is 3. The minimum atomic E-state index is -0.839. The van der Waals surface area contributed by atoms with Crippen molar-refractivity contribution in [2.24, 2.45) is 0 Å². The maximum absolute atomic E-state index is 12.3. The second kappa shape index (κ2) is 7.95. The molecule has 0 spiro atoms. The first-order valence-electron chi connectivity index (χ1n) is 7.50. The first-order valence-corrected chi connectivity index (χ1v) is 7.50. The van der Waals surface area contributed by atoms with Gasteiger partial charge in [0, 0.05) is 11.1 Å². The predicted molar refractivity (Wildman–Crippen MR) is 91.1 cm³/mol. The molecule has 0 aliphatic heterocycles. The summed E-state index contributed by atoms with van der Waals surface area (Å²) in [4.78, 5) is 39.5.